The van der Waals surface area contributed by atoms with Crippen molar-refractivity contribution in [2.24, 2.45) is 0 Å². The smallest absolute Gasteiger partial charge is 0.136 e. The molecule has 0 atom stereocenters. The van der Waals surface area contributed by atoms with Crippen LogP contribution in [-0.4, -0.2) is 9.97 Å². The largest absolute Gasteiger partial charge is 0.226 e. The van der Waals surface area contributed by atoms with E-state index in [1.807, 2.05) is 26.0 Å². The van der Waals surface area contributed by atoms with Crippen LogP contribution in [0.4, 0.5) is 0 Å². The van der Waals surface area contributed by atoms with Crippen LogP contribution >= 0.6 is 23.4 Å². The average molecular weight is 265 g/mol. The van der Waals surface area contributed by atoms with E-state index in [-0.39, 0.29) is 0 Å². The molecule has 0 spiro atoms. The summed E-state index contributed by atoms with van der Waals surface area (Å²) in [5.41, 5.74) is 2.18. The highest BCUT2D eigenvalue weighted by Gasteiger charge is 2.09. The van der Waals surface area contributed by atoms with Gasteiger partial charge in [-0.05, 0) is 32.4 Å². The Balaban J connectivity index is 2.40. The monoisotopic (exact) mass is 264 g/mol. The Kier molecular flexibility index (Phi) is 3.69. The van der Waals surface area contributed by atoms with E-state index in [9.17, 15) is 0 Å². The number of hydrogen-bond acceptors (Lipinski definition) is 3. The molecular weight excluding hydrogens is 252 g/mol. The summed E-state index contributed by atoms with van der Waals surface area (Å²) in [6.45, 7) is 5.89. The summed E-state index contributed by atoms with van der Waals surface area (Å²) in [6, 6.07) is 8.24. The molecule has 0 fully saturated rings. The molecule has 0 saturated carbocycles. The second-order valence-electron chi connectivity index (χ2n) is 3.86. The zero-order valence-corrected chi connectivity index (χ0v) is 11.6. The van der Waals surface area contributed by atoms with Gasteiger partial charge in [0, 0.05) is 10.5 Å². The lowest BCUT2D eigenvalue weighted by molar-refractivity contribution is 0.938. The highest BCUT2D eigenvalue weighted by atomic mass is 35.5. The number of hydrogen-bond donors (Lipinski definition) is 0. The van der Waals surface area contributed by atoms with Gasteiger partial charge >= 0.3 is 0 Å². The molecule has 4 heteroatoms. The Labute approximate surface area is 110 Å². The molecule has 88 valence electrons. The summed E-state index contributed by atoms with van der Waals surface area (Å²) in [5.74, 6) is 0.705. The standard InChI is InChI=1S/C13H13ClN2S/c1-8-6-4-5-7-11(8)17-13-9(2)12(14)15-10(3)16-13/h4-7H,1-3H3. The first-order valence-electron chi connectivity index (χ1n) is 5.32. The number of benzene rings is 1. The molecule has 0 aliphatic rings. The summed E-state index contributed by atoms with van der Waals surface area (Å²) in [5, 5.41) is 1.46. The molecule has 0 unspecified atom stereocenters. The molecule has 0 saturated heterocycles. The van der Waals surface area contributed by atoms with Gasteiger partial charge in [-0.2, -0.15) is 0 Å². The maximum atomic E-state index is 6.06. The van der Waals surface area contributed by atoms with Crippen molar-refractivity contribution < 1.29 is 0 Å². The van der Waals surface area contributed by atoms with E-state index in [1.165, 1.54) is 10.5 Å². The van der Waals surface area contributed by atoms with Crippen LogP contribution in [0.5, 0.6) is 0 Å². The fourth-order valence-electron chi connectivity index (χ4n) is 1.44. The summed E-state index contributed by atoms with van der Waals surface area (Å²) in [4.78, 5) is 9.78. The molecule has 0 radical (unpaired) electrons. The van der Waals surface area contributed by atoms with Crippen LogP contribution in [-0.2, 0) is 0 Å². The molecule has 2 rings (SSSR count). The highest BCUT2D eigenvalue weighted by molar-refractivity contribution is 7.99. The normalized spacial score (nSPS) is 10.6. The van der Waals surface area contributed by atoms with Crippen LogP contribution in [0.15, 0.2) is 34.2 Å². The van der Waals surface area contributed by atoms with Gasteiger partial charge in [0.05, 0.1) is 0 Å². The first-order valence-corrected chi connectivity index (χ1v) is 6.51. The Morgan fingerprint density at radius 2 is 1.76 bits per heavy atom. The first kappa shape index (κ1) is 12.4. The van der Waals surface area contributed by atoms with Crippen LogP contribution in [0.2, 0.25) is 5.15 Å². The minimum Gasteiger partial charge on any atom is -0.226 e. The number of rotatable bonds is 2. The molecule has 0 N–H and O–H groups in total. The lowest BCUT2D eigenvalue weighted by Gasteiger charge is -2.08. The van der Waals surface area contributed by atoms with Crippen molar-refractivity contribution in [3.05, 3.63) is 46.4 Å². The summed E-state index contributed by atoms with van der Waals surface area (Å²) in [6.07, 6.45) is 0. The van der Waals surface area contributed by atoms with Crippen LogP contribution in [0.25, 0.3) is 0 Å². The summed E-state index contributed by atoms with van der Waals surface area (Å²) >= 11 is 7.69. The molecule has 2 nitrogen and oxygen atoms in total. The third kappa shape index (κ3) is 2.79. The molecule has 0 bridgehead atoms. The molecule has 0 amide bonds. The van der Waals surface area contributed by atoms with Crippen molar-refractivity contribution in [2.75, 3.05) is 0 Å². The van der Waals surface area contributed by atoms with Crippen LogP contribution < -0.4 is 0 Å². The predicted molar refractivity (Wildman–Crippen MR) is 71.8 cm³/mol. The second kappa shape index (κ2) is 5.07. The number of aromatic nitrogens is 2. The predicted octanol–water partition coefficient (Wildman–Crippen LogP) is 4.21. The van der Waals surface area contributed by atoms with Crippen LogP contribution in [0.3, 0.4) is 0 Å². The van der Waals surface area contributed by atoms with Gasteiger partial charge in [-0.1, -0.05) is 41.6 Å². The van der Waals surface area contributed by atoms with E-state index in [0.717, 1.165) is 10.6 Å². The molecule has 0 aliphatic heterocycles. The molecular formula is C13H13ClN2S. The average Bonchev–Trinajstić information content (AvgIpc) is 2.28. The fourth-order valence-corrected chi connectivity index (χ4v) is 2.72. The van der Waals surface area contributed by atoms with Crippen molar-refractivity contribution in [1.82, 2.24) is 9.97 Å². The van der Waals surface area contributed by atoms with Crippen LogP contribution in [0, 0.1) is 20.8 Å². The lowest BCUT2D eigenvalue weighted by Crippen LogP contribution is -1.95. The van der Waals surface area contributed by atoms with Gasteiger partial charge < -0.3 is 0 Å². The van der Waals surface area contributed by atoms with Gasteiger partial charge in [0.1, 0.15) is 16.0 Å². The van der Waals surface area contributed by atoms with Crippen LogP contribution in [0.1, 0.15) is 17.0 Å². The third-order valence-electron chi connectivity index (χ3n) is 2.45. The van der Waals surface area contributed by atoms with E-state index in [1.54, 1.807) is 11.8 Å². The third-order valence-corrected chi connectivity index (χ3v) is 4.09. The molecule has 1 heterocycles. The SMILES string of the molecule is Cc1nc(Cl)c(C)c(Sc2ccccc2C)n1. The molecule has 0 aliphatic carbocycles. The molecule has 17 heavy (non-hydrogen) atoms. The van der Waals surface area contributed by atoms with E-state index in [0.29, 0.717) is 11.0 Å². The minimum atomic E-state index is 0.536. The van der Waals surface area contributed by atoms with E-state index >= 15 is 0 Å². The first-order chi connectivity index (χ1) is 8.08. The van der Waals surface area contributed by atoms with Gasteiger partial charge in [0.2, 0.25) is 0 Å². The summed E-state index contributed by atoms with van der Waals surface area (Å²) in [7, 11) is 0. The van der Waals surface area contributed by atoms with Gasteiger partial charge in [-0.25, -0.2) is 9.97 Å². The van der Waals surface area contributed by atoms with Crippen molar-refractivity contribution in [3.63, 3.8) is 0 Å². The molecule has 1 aromatic carbocycles. The zero-order valence-electron chi connectivity index (χ0n) is 9.99. The summed E-state index contributed by atoms with van der Waals surface area (Å²) < 4.78 is 0. The number of halogens is 1. The Morgan fingerprint density at radius 1 is 1.06 bits per heavy atom. The maximum absolute atomic E-state index is 6.06. The lowest BCUT2D eigenvalue weighted by atomic mass is 10.2. The number of nitrogens with zero attached hydrogens (tertiary/aromatic N) is 2. The van der Waals surface area contributed by atoms with E-state index < -0.39 is 0 Å². The van der Waals surface area contributed by atoms with Gasteiger partial charge in [0.25, 0.3) is 0 Å². The Hall–Kier alpha value is -1.06. The topological polar surface area (TPSA) is 25.8 Å². The van der Waals surface area contributed by atoms with Crippen molar-refractivity contribution in [1.29, 1.82) is 0 Å². The molecule has 1 aromatic heterocycles. The fraction of sp³-hybridized carbons (Fsp3) is 0.231. The quantitative estimate of drug-likeness (QED) is 0.760. The van der Waals surface area contributed by atoms with Gasteiger partial charge in [-0.15, -0.1) is 0 Å². The minimum absolute atomic E-state index is 0.536. The molecule has 2 aromatic rings. The Bertz CT molecular complexity index is 555. The number of aryl methyl sites for hydroxylation is 2. The van der Waals surface area contributed by atoms with E-state index in [4.69, 9.17) is 11.6 Å². The maximum Gasteiger partial charge on any atom is 0.136 e. The van der Waals surface area contributed by atoms with Crippen molar-refractivity contribution >= 4 is 23.4 Å². The Morgan fingerprint density at radius 3 is 2.47 bits per heavy atom. The van der Waals surface area contributed by atoms with Crippen molar-refractivity contribution in [3.8, 4) is 0 Å². The highest BCUT2D eigenvalue weighted by Crippen LogP contribution is 2.32. The second-order valence-corrected chi connectivity index (χ2v) is 5.25. The van der Waals surface area contributed by atoms with Gasteiger partial charge in [0.15, 0.2) is 0 Å². The zero-order chi connectivity index (χ0) is 12.4. The van der Waals surface area contributed by atoms with E-state index in [2.05, 4.69) is 29.0 Å². The van der Waals surface area contributed by atoms with Gasteiger partial charge in [-0.3, -0.25) is 0 Å². The van der Waals surface area contributed by atoms with Crippen molar-refractivity contribution in [2.45, 2.75) is 30.7 Å².